The molecule has 39 heavy (non-hydrogen) atoms. The van der Waals surface area contributed by atoms with Gasteiger partial charge in [0, 0.05) is 22.1 Å². The molecule has 9 heteroatoms. The lowest BCUT2D eigenvalue weighted by molar-refractivity contribution is -0.138. The maximum atomic E-state index is 13.5. The summed E-state index contributed by atoms with van der Waals surface area (Å²) in [5, 5.41) is 3.23. The van der Waals surface area contributed by atoms with Gasteiger partial charge in [-0.05, 0) is 80.1 Å². The van der Waals surface area contributed by atoms with Crippen molar-refractivity contribution in [1.82, 2.24) is 0 Å². The van der Waals surface area contributed by atoms with Crippen molar-refractivity contribution < 1.29 is 28.6 Å². The van der Waals surface area contributed by atoms with Crippen LogP contribution in [0.5, 0.6) is 11.5 Å². The summed E-state index contributed by atoms with van der Waals surface area (Å²) in [7, 11) is 1.56. The lowest BCUT2D eigenvalue weighted by Gasteiger charge is -2.18. The van der Waals surface area contributed by atoms with E-state index >= 15 is 0 Å². The Balaban J connectivity index is 1.51. The van der Waals surface area contributed by atoms with Crippen LogP contribution < -0.4 is 19.7 Å². The van der Waals surface area contributed by atoms with Crippen molar-refractivity contribution in [3.63, 3.8) is 0 Å². The van der Waals surface area contributed by atoms with E-state index in [-0.39, 0.29) is 36.2 Å². The Labute approximate surface area is 231 Å². The Morgan fingerprint density at radius 3 is 2.33 bits per heavy atom. The normalized spacial score (nSPS) is 14.0. The predicted molar refractivity (Wildman–Crippen MR) is 150 cm³/mol. The first-order chi connectivity index (χ1) is 18.8. The Morgan fingerprint density at radius 2 is 1.69 bits per heavy atom. The number of halogens is 1. The van der Waals surface area contributed by atoms with E-state index in [0.29, 0.717) is 39.2 Å². The van der Waals surface area contributed by atoms with Gasteiger partial charge in [0.1, 0.15) is 11.5 Å². The fourth-order valence-corrected chi connectivity index (χ4v) is 4.25. The van der Waals surface area contributed by atoms with Gasteiger partial charge in [-0.1, -0.05) is 29.8 Å². The number of allylic oxidation sites excluding steroid dienone is 1. The molecule has 1 aliphatic heterocycles. The topological polar surface area (TPSA) is 94.2 Å². The molecule has 0 fully saturated rings. The van der Waals surface area contributed by atoms with Gasteiger partial charge in [-0.3, -0.25) is 14.5 Å². The number of nitrogens with zero attached hydrogens (tertiary/aromatic N) is 1. The number of methoxy groups -OCH3 is 1. The Kier molecular flexibility index (Phi) is 8.68. The molecular formula is C30H27ClN2O6. The highest BCUT2D eigenvalue weighted by Crippen LogP contribution is 2.36. The number of hydrogen-bond acceptors (Lipinski definition) is 6. The lowest BCUT2D eigenvalue weighted by Crippen LogP contribution is -2.24. The molecule has 0 aliphatic carbocycles. The van der Waals surface area contributed by atoms with Gasteiger partial charge in [0.15, 0.2) is 6.61 Å². The molecule has 1 aliphatic rings. The van der Waals surface area contributed by atoms with Gasteiger partial charge < -0.3 is 19.5 Å². The first-order valence-corrected chi connectivity index (χ1v) is 12.6. The minimum Gasteiger partial charge on any atom is -0.497 e. The summed E-state index contributed by atoms with van der Waals surface area (Å²) in [5.41, 5.74) is 2.74. The first-order valence-electron chi connectivity index (χ1n) is 12.2. The monoisotopic (exact) mass is 546 g/mol. The smallest absolute Gasteiger partial charge is 0.340 e. The summed E-state index contributed by atoms with van der Waals surface area (Å²) in [6.45, 7) is 3.40. The van der Waals surface area contributed by atoms with Gasteiger partial charge in [0.05, 0.1) is 24.9 Å². The van der Waals surface area contributed by atoms with Crippen LogP contribution in [0, 0.1) is 0 Å². The Hall–Kier alpha value is -4.56. The van der Waals surface area contributed by atoms with Gasteiger partial charge in [0.25, 0.3) is 11.8 Å². The highest BCUT2D eigenvalue weighted by molar-refractivity contribution is 6.31. The second-order valence-corrected chi connectivity index (χ2v) is 8.93. The number of ether oxygens (including phenoxy) is 3. The van der Waals surface area contributed by atoms with Crippen LogP contribution in [0.15, 0.2) is 89.6 Å². The van der Waals surface area contributed by atoms with Crippen molar-refractivity contribution in [3.05, 3.63) is 100 Å². The first kappa shape index (κ1) is 27.5. The van der Waals surface area contributed by atoms with Crippen LogP contribution >= 0.6 is 11.6 Å². The molecule has 3 aromatic carbocycles. The van der Waals surface area contributed by atoms with E-state index < -0.39 is 5.97 Å². The van der Waals surface area contributed by atoms with Crippen LogP contribution in [0.25, 0.3) is 6.08 Å². The molecule has 2 amide bonds. The van der Waals surface area contributed by atoms with E-state index in [1.807, 2.05) is 0 Å². The van der Waals surface area contributed by atoms with Gasteiger partial charge >= 0.3 is 5.97 Å². The van der Waals surface area contributed by atoms with E-state index in [0.717, 1.165) is 0 Å². The minimum atomic E-state index is -0.573. The molecule has 0 bridgehead atoms. The average molecular weight is 547 g/mol. The highest BCUT2D eigenvalue weighted by Gasteiger charge is 2.38. The van der Waals surface area contributed by atoms with Gasteiger partial charge in [0.2, 0.25) is 0 Å². The number of benzene rings is 3. The number of hydrogen-bond donors (Lipinski definition) is 1. The number of rotatable bonds is 9. The zero-order chi connectivity index (χ0) is 27.9. The van der Waals surface area contributed by atoms with Crippen molar-refractivity contribution in [1.29, 1.82) is 0 Å². The van der Waals surface area contributed by atoms with E-state index in [1.165, 1.54) is 4.90 Å². The molecule has 200 valence electrons. The fraction of sp³-hybridized carbons (Fsp3) is 0.167. The third kappa shape index (κ3) is 6.48. The number of amides is 2. The van der Waals surface area contributed by atoms with Crippen molar-refractivity contribution in [2.24, 2.45) is 0 Å². The van der Waals surface area contributed by atoms with E-state index in [1.54, 1.807) is 99.8 Å². The van der Waals surface area contributed by atoms with Crippen LogP contribution in [0.1, 0.15) is 19.4 Å². The SMILES string of the molecule is CCOC(=O)C1=C(C)N(c2ccc(OC)cc2)C(=O)/C1=C\c1ccc(OCC(=O)Nc2cccc(Cl)c2)cc1. The Morgan fingerprint density at radius 1 is 1.00 bits per heavy atom. The summed E-state index contributed by atoms with van der Waals surface area (Å²) in [6.07, 6.45) is 1.64. The molecule has 1 N–H and O–H groups in total. The molecular weight excluding hydrogens is 520 g/mol. The molecule has 4 rings (SSSR count). The average Bonchev–Trinajstić information content (AvgIpc) is 3.17. The quantitative estimate of drug-likeness (QED) is 0.276. The van der Waals surface area contributed by atoms with Gasteiger partial charge in [-0.15, -0.1) is 0 Å². The third-order valence-corrected chi connectivity index (χ3v) is 6.11. The van der Waals surface area contributed by atoms with Crippen LogP contribution in [-0.4, -0.2) is 38.1 Å². The van der Waals surface area contributed by atoms with Crippen LogP contribution in [0.4, 0.5) is 11.4 Å². The number of carbonyl (C=O) groups is 3. The van der Waals surface area contributed by atoms with Gasteiger partial charge in [-0.25, -0.2) is 4.79 Å². The van der Waals surface area contributed by atoms with Crippen molar-refractivity contribution in [2.75, 3.05) is 30.5 Å². The summed E-state index contributed by atoms with van der Waals surface area (Å²) < 4.78 is 16.0. The van der Waals surface area contributed by atoms with Crippen molar-refractivity contribution in [2.45, 2.75) is 13.8 Å². The standard InChI is InChI=1S/C30H27ClN2O6/c1-4-38-30(36)28-19(2)33(23-10-14-24(37-3)15-11-23)29(35)26(28)16-20-8-12-25(13-9-20)39-18-27(34)32-22-7-5-6-21(31)17-22/h5-17H,4,18H2,1-3H3,(H,32,34)/b26-16-. The highest BCUT2D eigenvalue weighted by atomic mass is 35.5. The summed E-state index contributed by atoms with van der Waals surface area (Å²) in [6, 6.07) is 20.6. The zero-order valence-electron chi connectivity index (χ0n) is 21.7. The van der Waals surface area contributed by atoms with E-state index in [4.69, 9.17) is 25.8 Å². The second kappa shape index (κ2) is 12.3. The molecule has 0 atom stereocenters. The zero-order valence-corrected chi connectivity index (χ0v) is 22.5. The maximum Gasteiger partial charge on any atom is 0.340 e. The predicted octanol–water partition coefficient (Wildman–Crippen LogP) is 5.63. The number of carbonyl (C=O) groups excluding carboxylic acids is 3. The molecule has 0 saturated carbocycles. The molecule has 0 radical (unpaired) electrons. The molecule has 1 heterocycles. The number of anilines is 2. The summed E-state index contributed by atoms with van der Waals surface area (Å²) in [4.78, 5) is 40.0. The fourth-order valence-electron chi connectivity index (χ4n) is 4.06. The Bertz CT molecular complexity index is 1450. The summed E-state index contributed by atoms with van der Waals surface area (Å²) >= 11 is 5.94. The molecule has 0 spiro atoms. The van der Waals surface area contributed by atoms with Crippen LogP contribution in [-0.2, 0) is 19.1 Å². The van der Waals surface area contributed by atoms with E-state index in [2.05, 4.69) is 5.32 Å². The van der Waals surface area contributed by atoms with Crippen molar-refractivity contribution >= 4 is 46.8 Å². The molecule has 0 unspecified atom stereocenters. The second-order valence-electron chi connectivity index (χ2n) is 8.49. The molecule has 0 aromatic heterocycles. The number of nitrogens with one attached hydrogen (secondary N) is 1. The number of esters is 1. The van der Waals surface area contributed by atoms with Crippen LogP contribution in [0.3, 0.4) is 0 Å². The van der Waals surface area contributed by atoms with Gasteiger partial charge in [-0.2, -0.15) is 0 Å². The largest absolute Gasteiger partial charge is 0.497 e. The lowest BCUT2D eigenvalue weighted by atomic mass is 10.0. The third-order valence-electron chi connectivity index (χ3n) is 5.88. The van der Waals surface area contributed by atoms with Crippen LogP contribution in [0.2, 0.25) is 5.02 Å². The minimum absolute atomic E-state index is 0.177. The molecule has 3 aromatic rings. The maximum absolute atomic E-state index is 13.5. The van der Waals surface area contributed by atoms with Crippen molar-refractivity contribution in [3.8, 4) is 11.5 Å². The molecule has 8 nitrogen and oxygen atoms in total. The molecule has 0 saturated heterocycles. The van der Waals surface area contributed by atoms with E-state index in [9.17, 15) is 14.4 Å². The summed E-state index contributed by atoms with van der Waals surface area (Å²) in [5.74, 6) is -0.139.